The molecular formula is C12H23B2NO6. The van der Waals surface area contributed by atoms with Crippen LogP contribution in [0.2, 0.25) is 0 Å². The standard InChI is InChI=1S/C12H23B2NO6/c15-6-10(16)13-19-8-11(9-20-13)2-1-3-12(7-11)4-5-18-14(17)21-12/h10,16-17H,1-9,15H2. The van der Waals surface area contributed by atoms with E-state index in [4.69, 9.17) is 24.4 Å². The highest BCUT2D eigenvalue weighted by Gasteiger charge is 2.52. The van der Waals surface area contributed by atoms with Gasteiger partial charge in [0.1, 0.15) is 6.00 Å². The van der Waals surface area contributed by atoms with Crippen LogP contribution < -0.4 is 5.73 Å². The van der Waals surface area contributed by atoms with E-state index in [1.165, 1.54) is 0 Å². The molecule has 21 heavy (non-hydrogen) atoms. The summed E-state index contributed by atoms with van der Waals surface area (Å²) >= 11 is 0. The molecule has 0 aromatic rings. The number of hydrogen-bond acceptors (Lipinski definition) is 7. The molecule has 0 radical (unpaired) electrons. The molecule has 2 spiro atoms. The van der Waals surface area contributed by atoms with Gasteiger partial charge in [0.05, 0.1) is 5.60 Å². The molecule has 0 bridgehead atoms. The van der Waals surface area contributed by atoms with Gasteiger partial charge in [0.2, 0.25) is 0 Å². The first-order chi connectivity index (χ1) is 10.1. The van der Waals surface area contributed by atoms with E-state index in [0.717, 1.165) is 32.1 Å². The van der Waals surface area contributed by atoms with Crippen molar-refractivity contribution in [1.29, 1.82) is 0 Å². The Hall–Kier alpha value is -0.150. The number of hydrogen-bond donors (Lipinski definition) is 3. The van der Waals surface area contributed by atoms with Crippen LogP contribution in [0.5, 0.6) is 0 Å². The summed E-state index contributed by atoms with van der Waals surface area (Å²) in [7, 11) is -1.77. The summed E-state index contributed by atoms with van der Waals surface area (Å²) in [4.78, 5) is 0. The van der Waals surface area contributed by atoms with Gasteiger partial charge in [-0.25, -0.2) is 0 Å². The van der Waals surface area contributed by atoms with Crippen molar-refractivity contribution in [3.63, 3.8) is 0 Å². The number of nitrogens with two attached hydrogens (primary N) is 1. The van der Waals surface area contributed by atoms with Gasteiger partial charge in [-0.05, 0) is 32.1 Å². The van der Waals surface area contributed by atoms with E-state index in [9.17, 15) is 10.1 Å². The molecule has 1 aliphatic carbocycles. The van der Waals surface area contributed by atoms with Crippen LogP contribution in [0.4, 0.5) is 0 Å². The summed E-state index contributed by atoms with van der Waals surface area (Å²) in [5.41, 5.74) is 4.97. The molecule has 1 saturated carbocycles. The predicted molar refractivity (Wildman–Crippen MR) is 76.0 cm³/mol. The summed E-state index contributed by atoms with van der Waals surface area (Å²) in [5.74, 6) is 0. The van der Waals surface area contributed by atoms with Crippen LogP contribution in [0.3, 0.4) is 0 Å². The second kappa shape index (κ2) is 6.16. The molecule has 3 rings (SSSR count). The first kappa shape index (κ1) is 15.7. The fraction of sp³-hybridized carbons (Fsp3) is 1.00. The molecular weight excluding hydrogens is 276 g/mol. The fourth-order valence-electron chi connectivity index (χ4n) is 3.80. The number of aliphatic hydroxyl groups is 1. The zero-order valence-electron chi connectivity index (χ0n) is 12.2. The average Bonchev–Trinajstić information content (AvgIpc) is 2.47. The van der Waals surface area contributed by atoms with E-state index in [0.29, 0.717) is 19.8 Å². The molecule has 3 fully saturated rings. The minimum Gasteiger partial charge on any atom is -0.409 e. The summed E-state index contributed by atoms with van der Waals surface area (Å²) in [6, 6.07) is -0.791. The molecule has 0 aromatic carbocycles. The smallest absolute Gasteiger partial charge is 0.409 e. The van der Waals surface area contributed by atoms with E-state index in [2.05, 4.69) is 0 Å². The average molecular weight is 299 g/mol. The molecule has 2 unspecified atom stereocenters. The van der Waals surface area contributed by atoms with Gasteiger partial charge in [-0.2, -0.15) is 0 Å². The third-order valence-electron chi connectivity index (χ3n) is 4.87. The third kappa shape index (κ3) is 3.29. The number of aliphatic hydroxyl groups excluding tert-OH is 1. The molecule has 118 valence electrons. The molecule has 2 saturated heterocycles. The van der Waals surface area contributed by atoms with Gasteiger partial charge in [0, 0.05) is 31.8 Å². The lowest BCUT2D eigenvalue weighted by Crippen LogP contribution is -2.57. The zero-order valence-corrected chi connectivity index (χ0v) is 12.2. The van der Waals surface area contributed by atoms with Crippen LogP contribution >= 0.6 is 0 Å². The fourth-order valence-corrected chi connectivity index (χ4v) is 3.80. The third-order valence-corrected chi connectivity index (χ3v) is 4.87. The first-order valence-electron chi connectivity index (χ1n) is 7.65. The Bertz CT molecular complexity index is 364. The minimum atomic E-state index is -1.13. The molecule has 4 N–H and O–H groups in total. The number of rotatable bonds is 2. The zero-order chi connectivity index (χ0) is 14.9. The lowest BCUT2D eigenvalue weighted by Gasteiger charge is -2.51. The largest absolute Gasteiger partial charge is 0.637 e. The van der Waals surface area contributed by atoms with Crippen molar-refractivity contribution in [1.82, 2.24) is 0 Å². The maximum atomic E-state index is 9.70. The van der Waals surface area contributed by atoms with Crippen LogP contribution in [0.1, 0.15) is 32.1 Å². The van der Waals surface area contributed by atoms with Gasteiger partial charge in [0.15, 0.2) is 0 Å². The molecule has 2 atom stereocenters. The van der Waals surface area contributed by atoms with Crippen molar-refractivity contribution in [2.24, 2.45) is 11.1 Å². The Balaban J connectivity index is 1.63. The molecule has 7 nitrogen and oxygen atoms in total. The van der Waals surface area contributed by atoms with Gasteiger partial charge in [-0.3, -0.25) is 0 Å². The maximum Gasteiger partial charge on any atom is 0.637 e. The van der Waals surface area contributed by atoms with E-state index in [1.54, 1.807) is 0 Å². The highest BCUT2D eigenvalue weighted by atomic mass is 16.7. The highest BCUT2D eigenvalue weighted by molar-refractivity contribution is 6.46. The second-order valence-corrected chi connectivity index (χ2v) is 6.55. The molecule has 0 aromatic heterocycles. The lowest BCUT2D eigenvalue weighted by molar-refractivity contribution is -0.132. The molecule has 9 heteroatoms. The van der Waals surface area contributed by atoms with Gasteiger partial charge in [-0.15, -0.1) is 0 Å². The van der Waals surface area contributed by atoms with Gasteiger partial charge in [-0.1, -0.05) is 0 Å². The van der Waals surface area contributed by atoms with Gasteiger partial charge >= 0.3 is 14.4 Å². The quantitative estimate of drug-likeness (QED) is 0.567. The van der Waals surface area contributed by atoms with E-state index in [-0.39, 0.29) is 17.6 Å². The Morgan fingerprint density at radius 1 is 1.14 bits per heavy atom. The SMILES string of the molecule is NCC(O)B1OCC2(CCCC3(CCOB(O)O3)C2)CO1. The van der Waals surface area contributed by atoms with Crippen LogP contribution in [0.15, 0.2) is 0 Å². The lowest BCUT2D eigenvalue weighted by atomic mass is 9.64. The summed E-state index contributed by atoms with van der Waals surface area (Å²) in [5, 5.41) is 19.3. The predicted octanol–water partition coefficient (Wildman–Crippen LogP) is -0.906. The Morgan fingerprint density at radius 3 is 2.57 bits per heavy atom. The van der Waals surface area contributed by atoms with Gasteiger partial charge < -0.3 is 34.5 Å². The Morgan fingerprint density at radius 2 is 1.90 bits per heavy atom. The van der Waals surface area contributed by atoms with Crippen LogP contribution in [0, 0.1) is 5.41 Å². The van der Waals surface area contributed by atoms with Crippen molar-refractivity contribution < 1.29 is 28.7 Å². The molecule has 2 aliphatic heterocycles. The van der Waals surface area contributed by atoms with Crippen LogP contribution in [-0.4, -0.2) is 62.5 Å². The van der Waals surface area contributed by atoms with Crippen molar-refractivity contribution in [2.45, 2.75) is 43.7 Å². The van der Waals surface area contributed by atoms with Crippen molar-refractivity contribution in [3.05, 3.63) is 0 Å². The van der Waals surface area contributed by atoms with Crippen molar-refractivity contribution in [3.8, 4) is 0 Å². The van der Waals surface area contributed by atoms with E-state index >= 15 is 0 Å². The Kier molecular flexibility index (Phi) is 4.61. The highest BCUT2D eigenvalue weighted by Crippen LogP contribution is 2.48. The van der Waals surface area contributed by atoms with E-state index in [1.807, 2.05) is 0 Å². The minimum absolute atomic E-state index is 0.111. The molecule has 0 amide bonds. The summed E-state index contributed by atoms with van der Waals surface area (Å²) in [6.45, 7) is 1.68. The summed E-state index contributed by atoms with van der Waals surface area (Å²) in [6.07, 6.45) is 4.49. The first-order valence-corrected chi connectivity index (χ1v) is 7.65. The Labute approximate surface area is 125 Å². The van der Waals surface area contributed by atoms with E-state index < -0.39 is 20.4 Å². The maximum absolute atomic E-state index is 9.70. The topological polar surface area (TPSA) is 103 Å². The molecule has 3 aliphatic rings. The van der Waals surface area contributed by atoms with Gasteiger partial charge in [0.25, 0.3) is 0 Å². The van der Waals surface area contributed by atoms with Crippen molar-refractivity contribution >= 4 is 14.4 Å². The van der Waals surface area contributed by atoms with Crippen LogP contribution in [0.25, 0.3) is 0 Å². The summed E-state index contributed by atoms with van der Waals surface area (Å²) < 4.78 is 22.1. The monoisotopic (exact) mass is 299 g/mol. The second-order valence-electron chi connectivity index (χ2n) is 6.55. The van der Waals surface area contributed by atoms with Crippen molar-refractivity contribution in [2.75, 3.05) is 26.4 Å². The normalized spacial score (nSPS) is 34.4. The van der Waals surface area contributed by atoms with Crippen LogP contribution in [-0.2, 0) is 18.6 Å². The molecule has 2 heterocycles.